The minimum atomic E-state index is -0.291. The molecule has 0 atom stereocenters. The molecule has 1 heterocycles. The summed E-state index contributed by atoms with van der Waals surface area (Å²) in [6.45, 7) is 0. The van der Waals surface area contributed by atoms with E-state index in [-0.39, 0.29) is 17.8 Å². The lowest BCUT2D eigenvalue weighted by molar-refractivity contribution is 0.0900. The number of halogens is 1. The Bertz CT molecular complexity index is 612. The van der Waals surface area contributed by atoms with Crippen LogP contribution < -0.4 is 5.32 Å². The molecular weight excluding hydrogens is 269 g/mol. The molecule has 4 heteroatoms. The highest BCUT2D eigenvalue weighted by molar-refractivity contribution is 5.92. The number of furan rings is 1. The Morgan fingerprint density at radius 3 is 2.48 bits per heavy atom. The van der Waals surface area contributed by atoms with Gasteiger partial charge in [0.05, 0.1) is 0 Å². The van der Waals surface area contributed by atoms with Gasteiger partial charge in [-0.25, -0.2) is 4.39 Å². The summed E-state index contributed by atoms with van der Waals surface area (Å²) in [5.41, 5.74) is 0.758. The number of hydrogen-bond donors (Lipinski definition) is 1. The summed E-state index contributed by atoms with van der Waals surface area (Å²) >= 11 is 0. The second kappa shape index (κ2) is 6.12. The third kappa shape index (κ3) is 3.32. The zero-order valence-corrected chi connectivity index (χ0v) is 11.8. The number of amides is 1. The molecule has 1 N–H and O–H groups in total. The molecule has 3 nitrogen and oxygen atoms in total. The van der Waals surface area contributed by atoms with Gasteiger partial charge in [0.15, 0.2) is 5.76 Å². The molecule has 1 aromatic heterocycles. The fourth-order valence-corrected chi connectivity index (χ4v) is 2.73. The van der Waals surface area contributed by atoms with Gasteiger partial charge >= 0.3 is 0 Å². The molecule has 1 aliphatic carbocycles. The molecule has 0 saturated heterocycles. The van der Waals surface area contributed by atoms with Crippen molar-refractivity contribution in [3.63, 3.8) is 0 Å². The van der Waals surface area contributed by atoms with E-state index in [0.29, 0.717) is 11.5 Å². The Kier molecular flexibility index (Phi) is 4.04. The molecule has 0 radical (unpaired) electrons. The van der Waals surface area contributed by atoms with E-state index in [1.54, 1.807) is 24.3 Å². The number of carbonyl (C=O) groups excluding carboxylic acids is 1. The number of benzene rings is 1. The van der Waals surface area contributed by atoms with Gasteiger partial charge < -0.3 is 9.73 Å². The lowest BCUT2D eigenvalue weighted by Crippen LogP contribution is -2.35. The second-order valence-corrected chi connectivity index (χ2v) is 5.48. The SMILES string of the molecule is O=C(NC1CCCCC1)c1ccc(-c2ccc(F)cc2)o1. The maximum atomic E-state index is 12.9. The lowest BCUT2D eigenvalue weighted by Gasteiger charge is -2.22. The predicted molar refractivity (Wildman–Crippen MR) is 78.4 cm³/mol. The first-order valence-electron chi connectivity index (χ1n) is 7.39. The molecule has 1 aliphatic rings. The third-order valence-corrected chi connectivity index (χ3v) is 3.90. The normalized spacial score (nSPS) is 15.9. The number of carbonyl (C=O) groups is 1. The summed E-state index contributed by atoms with van der Waals surface area (Å²) in [4.78, 5) is 12.1. The van der Waals surface area contributed by atoms with Gasteiger partial charge in [0, 0.05) is 11.6 Å². The van der Waals surface area contributed by atoms with Gasteiger partial charge in [0.2, 0.25) is 0 Å². The Labute approximate surface area is 123 Å². The van der Waals surface area contributed by atoms with Crippen LogP contribution in [0.25, 0.3) is 11.3 Å². The summed E-state index contributed by atoms with van der Waals surface area (Å²) in [5.74, 6) is 0.416. The molecule has 1 saturated carbocycles. The highest BCUT2D eigenvalue weighted by Crippen LogP contribution is 2.23. The zero-order valence-electron chi connectivity index (χ0n) is 11.8. The average molecular weight is 287 g/mol. The van der Waals surface area contributed by atoms with Crippen LogP contribution in [0.15, 0.2) is 40.8 Å². The molecule has 110 valence electrons. The van der Waals surface area contributed by atoms with E-state index in [4.69, 9.17) is 4.42 Å². The van der Waals surface area contributed by atoms with E-state index in [0.717, 1.165) is 18.4 Å². The fourth-order valence-electron chi connectivity index (χ4n) is 2.73. The summed E-state index contributed by atoms with van der Waals surface area (Å²) in [6, 6.07) is 9.68. The van der Waals surface area contributed by atoms with E-state index in [9.17, 15) is 9.18 Å². The molecule has 0 spiro atoms. The number of rotatable bonds is 3. The number of nitrogens with one attached hydrogen (secondary N) is 1. The van der Waals surface area contributed by atoms with Gasteiger partial charge in [-0.1, -0.05) is 19.3 Å². The van der Waals surface area contributed by atoms with E-state index in [1.165, 1.54) is 31.4 Å². The van der Waals surface area contributed by atoms with Crippen molar-refractivity contribution in [3.05, 3.63) is 48.0 Å². The van der Waals surface area contributed by atoms with Crippen molar-refractivity contribution >= 4 is 5.91 Å². The molecule has 0 bridgehead atoms. The van der Waals surface area contributed by atoms with E-state index in [2.05, 4.69) is 5.32 Å². The first kappa shape index (κ1) is 13.9. The van der Waals surface area contributed by atoms with Crippen LogP contribution in [-0.4, -0.2) is 11.9 Å². The monoisotopic (exact) mass is 287 g/mol. The quantitative estimate of drug-likeness (QED) is 0.921. The van der Waals surface area contributed by atoms with Gasteiger partial charge in [0.1, 0.15) is 11.6 Å². The Morgan fingerprint density at radius 1 is 1.05 bits per heavy atom. The molecule has 1 fully saturated rings. The molecular formula is C17H18FNO2. The van der Waals surface area contributed by atoms with Crippen LogP contribution >= 0.6 is 0 Å². The topological polar surface area (TPSA) is 42.2 Å². The summed E-state index contributed by atoms with van der Waals surface area (Å²) in [7, 11) is 0. The van der Waals surface area contributed by atoms with E-state index in [1.807, 2.05) is 0 Å². The molecule has 2 aromatic rings. The minimum absolute atomic E-state index is 0.171. The van der Waals surface area contributed by atoms with Crippen LogP contribution in [-0.2, 0) is 0 Å². The first-order valence-corrected chi connectivity index (χ1v) is 7.39. The first-order chi connectivity index (χ1) is 10.2. The van der Waals surface area contributed by atoms with Gasteiger partial charge in [-0.2, -0.15) is 0 Å². The fraction of sp³-hybridized carbons (Fsp3) is 0.353. The van der Waals surface area contributed by atoms with Gasteiger partial charge in [-0.15, -0.1) is 0 Å². The van der Waals surface area contributed by atoms with Crippen molar-refractivity contribution in [1.82, 2.24) is 5.32 Å². The molecule has 1 amide bonds. The molecule has 21 heavy (non-hydrogen) atoms. The second-order valence-electron chi connectivity index (χ2n) is 5.48. The van der Waals surface area contributed by atoms with Crippen LogP contribution in [0, 0.1) is 5.82 Å². The maximum Gasteiger partial charge on any atom is 0.287 e. The van der Waals surface area contributed by atoms with Gasteiger partial charge in [-0.3, -0.25) is 4.79 Å². The maximum absolute atomic E-state index is 12.9. The Balaban J connectivity index is 1.69. The highest BCUT2D eigenvalue weighted by Gasteiger charge is 2.19. The average Bonchev–Trinajstić information content (AvgIpc) is 2.99. The minimum Gasteiger partial charge on any atom is -0.451 e. The lowest BCUT2D eigenvalue weighted by atomic mass is 9.95. The molecule has 0 aliphatic heterocycles. The summed E-state index contributed by atoms with van der Waals surface area (Å²) in [5, 5.41) is 3.02. The Hall–Kier alpha value is -2.10. The number of hydrogen-bond acceptors (Lipinski definition) is 2. The van der Waals surface area contributed by atoms with Crippen molar-refractivity contribution in [2.75, 3.05) is 0 Å². The van der Waals surface area contributed by atoms with Crippen LogP contribution in [0.1, 0.15) is 42.7 Å². The van der Waals surface area contributed by atoms with Crippen LogP contribution in [0.3, 0.4) is 0 Å². The van der Waals surface area contributed by atoms with Gasteiger partial charge in [0.25, 0.3) is 5.91 Å². The van der Waals surface area contributed by atoms with Crippen molar-refractivity contribution in [2.45, 2.75) is 38.1 Å². The van der Waals surface area contributed by atoms with Crippen molar-refractivity contribution in [1.29, 1.82) is 0 Å². The standard InChI is InChI=1S/C17H18FNO2/c18-13-8-6-12(7-9-13)15-10-11-16(21-15)17(20)19-14-4-2-1-3-5-14/h6-11,14H,1-5H2,(H,19,20). The summed E-state index contributed by atoms with van der Waals surface area (Å²) in [6.07, 6.45) is 5.67. The van der Waals surface area contributed by atoms with Crippen molar-refractivity contribution < 1.29 is 13.6 Å². The van der Waals surface area contributed by atoms with Crippen LogP contribution in [0.4, 0.5) is 4.39 Å². The van der Waals surface area contributed by atoms with Crippen LogP contribution in [0.5, 0.6) is 0 Å². The van der Waals surface area contributed by atoms with E-state index >= 15 is 0 Å². The molecule has 0 unspecified atom stereocenters. The van der Waals surface area contributed by atoms with Crippen LogP contribution in [0.2, 0.25) is 0 Å². The highest BCUT2D eigenvalue weighted by atomic mass is 19.1. The molecule has 1 aromatic carbocycles. The van der Waals surface area contributed by atoms with Gasteiger partial charge in [-0.05, 0) is 49.2 Å². The van der Waals surface area contributed by atoms with Crippen molar-refractivity contribution in [3.8, 4) is 11.3 Å². The van der Waals surface area contributed by atoms with Crippen molar-refractivity contribution in [2.24, 2.45) is 0 Å². The van der Waals surface area contributed by atoms with E-state index < -0.39 is 0 Å². The summed E-state index contributed by atoms with van der Waals surface area (Å²) < 4.78 is 18.5. The zero-order chi connectivity index (χ0) is 14.7. The Morgan fingerprint density at radius 2 is 1.76 bits per heavy atom. The smallest absolute Gasteiger partial charge is 0.287 e. The third-order valence-electron chi connectivity index (χ3n) is 3.90. The molecule has 3 rings (SSSR count). The predicted octanol–water partition coefficient (Wildman–Crippen LogP) is 4.15. The largest absolute Gasteiger partial charge is 0.451 e.